The van der Waals surface area contributed by atoms with Gasteiger partial charge in [-0.2, -0.15) is 0 Å². The van der Waals surface area contributed by atoms with Crippen LogP contribution >= 0.6 is 0 Å². The van der Waals surface area contributed by atoms with Crippen molar-refractivity contribution in [3.05, 3.63) is 0 Å². The zero-order valence-corrected chi connectivity index (χ0v) is 13.4. The monoisotopic (exact) mass is 267 g/mol. The second-order valence-electron chi connectivity index (χ2n) is 6.66. The smallest absolute Gasteiger partial charge is 0.0117 e. The molecule has 2 saturated heterocycles. The van der Waals surface area contributed by atoms with Gasteiger partial charge in [0.15, 0.2) is 0 Å². The summed E-state index contributed by atoms with van der Waals surface area (Å²) in [5.41, 5.74) is 0. The van der Waals surface area contributed by atoms with Crippen molar-refractivity contribution in [3.63, 3.8) is 0 Å². The third kappa shape index (κ3) is 3.71. The molecule has 0 aliphatic carbocycles. The molecular formula is C16H33N3. The Labute approximate surface area is 119 Å². The van der Waals surface area contributed by atoms with E-state index in [1.807, 2.05) is 0 Å². The van der Waals surface area contributed by atoms with Crippen molar-refractivity contribution in [2.45, 2.75) is 52.1 Å². The standard InChI is InChI=1S/C16H33N3/c1-5-18-9-6-15(7-10-18)12-19-11-8-16(17-4)13(2)14(19)3/h13-17H,5-12H2,1-4H3. The molecule has 2 aliphatic rings. The van der Waals surface area contributed by atoms with Gasteiger partial charge in [-0.3, -0.25) is 0 Å². The van der Waals surface area contributed by atoms with E-state index in [9.17, 15) is 0 Å². The van der Waals surface area contributed by atoms with Gasteiger partial charge in [-0.1, -0.05) is 13.8 Å². The van der Waals surface area contributed by atoms with Crippen LogP contribution in [0.15, 0.2) is 0 Å². The van der Waals surface area contributed by atoms with Gasteiger partial charge >= 0.3 is 0 Å². The summed E-state index contributed by atoms with van der Waals surface area (Å²) in [5.74, 6) is 1.71. The van der Waals surface area contributed by atoms with Crippen molar-refractivity contribution in [2.75, 3.05) is 39.8 Å². The SMILES string of the molecule is CCN1CCC(CN2CCC(NC)C(C)C2C)CC1. The number of piperidine rings is 2. The van der Waals surface area contributed by atoms with Crippen LogP contribution in [0.5, 0.6) is 0 Å². The molecule has 3 heteroatoms. The van der Waals surface area contributed by atoms with E-state index in [0.717, 1.165) is 17.9 Å². The number of nitrogens with zero attached hydrogens (tertiary/aromatic N) is 2. The van der Waals surface area contributed by atoms with Crippen molar-refractivity contribution in [1.82, 2.24) is 15.1 Å². The maximum absolute atomic E-state index is 3.49. The first-order valence-corrected chi connectivity index (χ1v) is 8.29. The molecule has 0 saturated carbocycles. The maximum Gasteiger partial charge on any atom is 0.0117 e. The summed E-state index contributed by atoms with van der Waals surface area (Å²) in [4.78, 5) is 5.35. The Kier molecular flexibility index (Phi) is 5.67. The van der Waals surface area contributed by atoms with Crippen LogP contribution in [0.3, 0.4) is 0 Å². The molecule has 112 valence electrons. The highest BCUT2D eigenvalue weighted by molar-refractivity contribution is 4.89. The van der Waals surface area contributed by atoms with Gasteiger partial charge in [0.25, 0.3) is 0 Å². The molecule has 0 aromatic heterocycles. The fourth-order valence-electron chi connectivity index (χ4n) is 3.92. The van der Waals surface area contributed by atoms with Crippen LogP contribution in [-0.2, 0) is 0 Å². The van der Waals surface area contributed by atoms with Crippen molar-refractivity contribution in [1.29, 1.82) is 0 Å². The third-order valence-electron chi connectivity index (χ3n) is 5.72. The first kappa shape index (κ1) is 15.3. The van der Waals surface area contributed by atoms with Crippen LogP contribution in [0, 0.1) is 11.8 Å². The van der Waals surface area contributed by atoms with Crippen molar-refractivity contribution in [3.8, 4) is 0 Å². The fraction of sp³-hybridized carbons (Fsp3) is 1.00. The minimum atomic E-state index is 0.716. The summed E-state index contributed by atoms with van der Waals surface area (Å²) in [6.45, 7) is 13.6. The number of hydrogen-bond acceptors (Lipinski definition) is 3. The summed E-state index contributed by atoms with van der Waals surface area (Å²) in [7, 11) is 2.12. The number of likely N-dealkylation sites (tertiary alicyclic amines) is 2. The Morgan fingerprint density at radius 3 is 2.32 bits per heavy atom. The first-order chi connectivity index (χ1) is 9.15. The largest absolute Gasteiger partial charge is 0.317 e. The predicted molar refractivity (Wildman–Crippen MR) is 82.5 cm³/mol. The average Bonchev–Trinajstić information content (AvgIpc) is 2.45. The van der Waals surface area contributed by atoms with Crippen LogP contribution in [0.1, 0.15) is 40.0 Å². The summed E-state index contributed by atoms with van der Waals surface area (Å²) in [5, 5.41) is 3.49. The second kappa shape index (κ2) is 7.05. The quantitative estimate of drug-likeness (QED) is 0.841. The Morgan fingerprint density at radius 2 is 1.74 bits per heavy atom. The molecule has 2 aliphatic heterocycles. The van der Waals surface area contributed by atoms with E-state index in [1.165, 1.54) is 52.0 Å². The van der Waals surface area contributed by atoms with E-state index in [-0.39, 0.29) is 0 Å². The van der Waals surface area contributed by atoms with Gasteiger partial charge < -0.3 is 15.1 Å². The highest BCUT2D eigenvalue weighted by Gasteiger charge is 2.32. The zero-order valence-electron chi connectivity index (χ0n) is 13.4. The summed E-state index contributed by atoms with van der Waals surface area (Å²) >= 11 is 0. The van der Waals surface area contributed by atoms with Gasteiger partial charge in [0.2, 0.25) is 0 Å². The van der Waals surface area contributed by atoms with Gasteiger partial charge in [-0.05, 0) is 71.2 Å². The predicted octanol–water partition coefficient (Wildman–Crippen LogP) is 2.04. The summed E-state index contributed by atoms with van der Waals surface area (Å²) in [6.07, 6.45) is 4.12. The molecule has 3 unspecified atom stereocenters. The number of hydrogen-bond donors (Lipinski definition) is 1. The van der Waals surface area contributed by atoms with Gasteiger partial charge in [0.1, 0.15) is 0 Å². The molecule has 0 amide bonds. The second-order valence-corrected chi connectivity index (χ2v) is 6.66. The minimum absolute atomic E-state index is 0.716. The number of nitrogens with one attached hydrogen (secondary N) is 1. The van der Waals surface area contributed by atoms with Crippen LogP contribution in [-0.4, -0.2) is 61.7 Å². The van der Waals surface area contributed by atoms with E-state index in [4.69, 9.17) is 0 Å². The van der Waals surface area contributed by atoms with Crippen molar-refractivity contribution < 1.29 is 0 Å². The van der Waals surface area contributed by atoms with Gasteiger partial charge in [-0.15, -0.1) is 0 Å². The summed E-state index contributed by atoms with van der Waals surface area (Å²) in [6, 6.07) is 1.45. The van der Waals surface area contributed by atoms with Crippen LogP contribution < -0.4 is 5.32 Å². The van der Waals surface area contributed by atoms with E-state index < -0.39 is 0 Å². The molecular weight excluding hydrogens is 234 g/mol. The van der Waals surface area contributed by atoms with E-state index in [1.54, 1.807) is 0 Å². The van der Waals surface area contributed by atoms with E-state index in [2.05, 4.69) is 42.9 Å². The lowest BCUT2D eigenvalue weighted by molar-refractivity contribution is 0.0579. The minimum Gasteiger partial charge on any atom is -0.317 e. The molecule has 3 nitrogen and oxygen atoms in total. The van der Waals surface area contributed by atoms with Gasteiger partial charge in [0.05, 0.1) is 0 Å². The lowest BCUT2D eigenvalue weighted by Crippen LogP contribution is -2.54. The Bertz CT molecular complexity index is 261. The van der Waals surface area contributed by atoms with Crippen LogP contribution in [0.2, 0.25) is 0 Å². The lowest BCUT2D eigenvalue weighted by atomic mass is 9.85. The molecule has 1 N–H and O–H groups in total. The number of rotatable bonds is 4. The van der Waals surface area contributed by atoms with Crippen LogP contribution in [0.4, 0.5) is 0 Å². The highest BCUT2D eigenvalue weighted by Crippen LogP contribution is 2.26. The molecule has 0 aromatic carbocycles. The zero-order chi connectivity index (χ0) is 13.8. The van der Waals surface area contributed by atoms with E-state index in [0.29, 0.717) is 6.04 Å². The molecule has 3 atom stereocenters. The topological polar surface area (TPSA) is 18.5 Å². The van der Waals surface area contributed by atoms with Gasteiger partial charge in [0, 0.05) is 18.6 Å². The molecule has 2 fully saturated rings. The molecule has 2 rings (SSSR count). The fourth-order valence-corrected chi connectivity index (χ4v) is 3.92. The molecule has 0 bridgehead atoms. The first-order valence-electron chi connectivity index (χ1n) is 8.29. The molecule has 19 heavy (non-hydrogen) atoms. The van der Waals surface area contributed by atoms with Crippen molar-refractivity contribution >= 4 is 0 Å². The molecule has 2 heterocycles. The normalized spacial score (nSPS) is 35.7. The molecule has 0 radical (unpaired) electrons. The maximum atomic E-state index is 3.49. The lowest BCUT2D eigenvalue weighted by Gasteiger charge is -2.45. The Balaban J connectivity index is 1.80. The molecule has 0 spiro atoms. The Morgan fingerprint density at radius 1 is 1.05 bits per heavy atom. The van der Waals surface area contributed by atoms with Gasteiger partial charge in [-0.25, -0.2) is 0 Å². The van der Waals surface area contributed by atoms with Crippen molar-refractivity contribution in [2.24, 2.45) is 11.8 Å². The highest BCUT2D eigenvalue weighted by atomic mass is 15.2. The summed E-state index contributed by atoms with van der Waals surface area (Å²) < 4.78 is 0. The third-order valence-corrected chi connectivity index (χ3v) is 5.72. The average molecular weight is 267 g/mol. The van der Waals surface area contributed by atoms with E-state index >= 15 is 0 Å². The molecule has 0 aromatic rings. The Hall–Kier alpha value is -0.120. The van der Waals surface area contributed by atoms with Crippen LogP contribution in [0.25, 0.3) is 0 Å².